The van der Waals surface area contributed by atoms with Crippen LogP contribution in [0.2, 0.25) is 0 Å². The van der Waals surface area contributed by atoms with Gasteiger partial charge in [-0.25, -0.2) is 0 Å². The molecule has 8 heteroatoms. The SMILES string of the molecule is CCNC(=NCC(O)c1ccc(OC)cc1)NCCCOCC1CCCO1.I. The number of hydrogen-bond donors (Lipinski definition) is 3. The topological polar surface area (TPSA) is 84.3 Å². The number of guanidine groups is 1. The molecule has 0 aliphatic carbocycles. The number of ether oxygens (including phenoxy) is 3. The van der Waals surface area contributed by atoms with E-state index < -0.39 is 6.10 Å². The van der Waals surface area contributed by atoms with Crippen molar-refractivity contribution in [2.45, 2.75) is 38.4 Å². The number of benzene rings is 1. The smallest absolute Gasteiger partial charge is 0.191 e. The van der Waals surface area contributed by atoms with Crippen LogP contribution in [0.5, 0.6) is 5.75 Å². The van der Waals surface area contributed by atoms with Gasteiger partial charge in [0.1, 0.15) is 5.75 Å². The van der Waals surface area contributed by atoms with Crippen molar-refractivity contribution in [1.82, 2.24) is 10.6 Å². The quantitative estimate of drug-likeness (QED) is 0.185. The summed E-state index contributed by atoms with van der Waals surface area (Å²) >= 11 is 0. The van der Waals surface area contributed by atoms with E-state index >= 15 is 0 Å². The van der Waals surface area contributed by atoms with E-state index in [0.717, 1.165) is 50.3 Å². The van der Waals surface area contributed by atoms with Gasteiger partial charge >= 0.3 is 0 Å². The number of nitrogens with one attached hydrogen (secondary N) is 2. The molecular weight excluding hydrogens is 473 g/mol. The fourth-order valence-electron chi connectivity index (χ4n) is 2.82. The van der Waals surface area contributed by atoms with Crippen LogP contribution in [0.1, 0.15) is 37.9 Å². The molecule has 2 atom stereocenters. The van der Waals surface area contributed by atoms with Gasteiger partial charge in [-0.2, -0.15) is 0 Å². The molecule has 0 spiro atoms. The van der Waals surface area contributed by atoms with E-state index in [1.165, 1.54) is 0 Å². The van der Waals surface area contributed by atoms with Crippen LogP contribution in [-0.4, -0.2) is 63.7 Å². The zero-order valence-electron chi connectivity index (χ0n) is 16.9. The van der Waals surface area contributed by atoms with Crippen LogP contribution < -0.4 is 15.4 Å². The summed E-state index contributed by atoms with van der Waals surface area (Å²) in [7, 11) is 1.62. The number of aliphatic hydroxyl groups is 1. The van der Waals surface area contributed by atoms with E-state index in [0.29, 0.717) is 19.2 Å². The van der Waals surface area contributed by atoms with Crippen LogP contribution >= 0.6 is 24.0 Å². The fourth-order valence-corrected chi connectivity index (χ4v) is 2.82. The van der Waals surface area contributed by atoms with Crippen molar-refractivity contribution in [3.63, 3.8) is 0 Å². The molecule has 1 aromatic carbocycles. The fraction of sp³-hybridized carbons (Fsp3) is 0.650. The lowest BCUT2D eigenvalue weighted by Crippen LogP contribution is -2.38. The summed E-state index contributed by atoms with van der Waals surface area (Å²) in [5.74, 6) is 1.47. The van der Waals surface area contributed by atoms with E-state index in [1.54, 1.807) is 7.11 Å². The van der Waals surface area contributed by atoms with Gasteiger partial charge in [0.15, 0.2) is 5.96 Å². The summed E-state index contributed by atoms with van der Waals surface area (Å²) in [6.45, 7) is 6.07. The lowest BCUT2D eigenvalue weighted by atomic mass is 10.1. The maximum absolute atomic E-state index is 10.3. The number of hydrogen-bond acceptors (Lipinski definition) is 5. The minimum atomic E-state index is -0.652. The van der Waals surface area contributed by atoms with Crippen LogP contribution in [0.3, 0.4) is 0 Å². The number of aliphatic imine (C=N–C) groups is 1. The third-order valence-electron chi connectivity index (χ3n) is 4.35. The highest BCUT2D eigenvalue weighted by atomic mass is 127. The van der Waals surface area contributed by atoms with Crippen molar-refractivity contribution in [1.29, 1.82) is 0 Å². The molecule has 3 N–H and O–H groups in total. The van der Waals surface area contributed by atoms with E-state index in [4.69, 9.17) is 14.2 Å². The molecule has 0 saturated carbocycles. The Labute approximate surface area is 185 Å². The molecule has 1 fully saturated rings. The first-order valence-corrected chi connectivity index (χ1v) is 9.76. The van der Waals surface area contributed by atoms with Crippen LogP contribution in [0.25, 0.3) is 0 Å². The molecule has 2 rings (SSSR count). The van der Waals surface area contributed by atoms with Crippen molar-refractivity contribution in [2.24, 2.45) is 4.99 Å². The molecule has 2 unspecified atom stereocenters. The first kappa shape index (κ1) is 24.9. The lowest BCUT2D eigenvalue weighted by molar-refractivity contribution is 0.0168. The highest BCUT2D eigenvalue weighted by Crippen LogP contribution is 2.17. The van der Waals surface area contributed by atoms with Crippen molar-refractivity contribution < 1.29 is 19.3 Å². The zero-order chi connectivity index (χ0) is 19.3. The molecule has 28 heavy (non-hydrogen) atoms. The van der Waals surface area contributed by atoms with Gasteiger partial charge in [-0.1, -0.05) is 12.1 Å². The predicted molar refractivity (Wildman–Crippen MR) is 122 cm³/mol. The summed E-state index contributed by atoms with van der Waals surface area (Å²) in [4.78, 5) is 4.47. The summed E-state index contributed by atoms with van der Waals surface area (Å²) in [6.07, 6.45) is 2.75. The summed E-state index contributed by atoms with van der Waals surface area (Å²) in [5.41, 5.74) is 0.818. The molecule has 0 aromatic heterocycles. The van der Waals surface area contributed by atoms with E-state index in [-0.39, 0.29) is 36.6 Å². The molecular formula is C20H34IN3O4. The molecule has 7 nitrogen and oxygen atoms in total. The maximum Gasteiger partial charge on any atom is 0.191 e. The molecule has 0 amide bonds. The van der Waals surface area contributed by atoms with Gasteiger partial charge in [-0.05, 0) is 43.9 Å². The van der Waals surface area contributed by atoms with Crippen LogP contribution in [0.4, 0.5) is 0 Å². The van der Waals surface area contributed by atoms with Crippen molar-refractivity contribution in [3.05, 3.63) is 29.8 Å². The minimum absolute atomic E-state index is 0. The third kappa shape index (κ3) is 9.40. The van der Waals surface area contributed by atoms with E-state index in [2.05, 4.69) is 15.6 Å². The second kappa shape index (κ2) is 14.8. The molecule has 0 radical (unpaired) electrons. The third-order valence-corrected chi connectivity index (χ3v) is 4.35. The summed E-state index contributed by atoms with van der Waals surface area (Å²) in [6, 6.07) is 7.38. The number of methoxy groups -OCH3 is 1. The zero-order valence-corrected chi connectivity index (χ0v) is 19.2. The largest absolute Gasteiger partial charge is 0.497 e. The van der Waals surface area contributed by atoms with Gasteiger partial charge in [0.05, 0.1) is 32.5 Å². The number of rotatable bonds is 11. The van der Waals surface area contributed by atoms with Crippen molar-refractivity contribution >= 4 is 29.9 Å². The molecule has 1 aromatic rings. The Balaban J connectivity index is 0.00000392. The molecule has 1 aliphatic rings. The van der Waals surface area contributed by atoms with Gasteiger partial charge in [-0.15, -0.1) is 24.0 Å². The molecule has 1 saturated heterocycles. The van der Waals surface area contributed by atoms with E-state index in [9.17, 15) is 5.11 Å². The number of aliphatic hydroxyl groups excluding tert-OH is 1. The first-order chi connectivity index (χ1) is 13.2. The average molecular weight is 507 g/mol. The Kier molecular flexibility index (Phi) is 13.2. The van der Waals surface area contributed by atoms with E-state index in [1.807, 2.05) is 31.2 Å². The van der Waals surface area contributed by atoms with Gasteiger partial charge in [-0.3, -0.25) is 4.99 Å². The first-order valence-electron chi connectivity index (χ1n) is 9.76. The Bertz CT molecular complexity index is 551. The standard InChI is InChI=1S/C20H33N3O4.HI/c1-3-21-20(22-11-5-12-26-15-18-6-4-13-27-18)23-14-19(24)16-7-9-17(25-2)10-8-16;/h7-10,18-19,24H,3-6,11-15H2,1-2H3,(H2,21,22,23);1H. The second-order valence-corrected chi connectivity index (χ2v) is 6.50. The van der Waals surface area contributed by atoms with Gasteiger partial charge < -0.3 is 30.0 Å². The molecule has 1 aliphatic heterocycles. The molecule has 1 heterocycles. The van der Waals surface area contributed by atoms with Crippen LogP contribution in [0.15, 0.2) is 29.3 Å². The average Bonchev–Trinajstić information content (AvgIpc) is 3.22. The van der Waals surface area contributed by atoms with Gasteiger partial charge in [0, 0.05) is 26.3 Å². The maximum atomic E-state index is 10.3. The Hall–Kier alpha value is -1.10. The summed E-state index contributed by atoms with van der Waals surface area (Å²) in [5, 5.41) is 16.8. The Morgan fingerprint density at radius 3 is 2.75 bits per heavy atom. The molecule has 160 valence electrons. The molecule has 0 bridgehead atoms. The van der Waals surface area contributed by atoms with Gasteiger partial charge in [0.25, 0.3) is 0 Å². The highest BCUT2D eigenvalue weighted by Gasteiger charge is 2.14. The summed E-state index contributed by atoms with van der Waals surface area (Å²) < 4.78 is 16.3. The highest BCUT2D eigenvalue weighted by molar-refractivity contribution is 14.0. The van der Waals surface area contributed by atoms with Crippen molar-refractivity contribution in [2.75, 3.05) is 46.6 Å². The lowest BCUT2D eigenvalue weighted by Gasteiger charge is -2.14. The number of nitrogens with zero attached hydrogens (tertiary/aromatic N) is 1. The predicted octanol–water partition coefficient (Wildman–Crippen LogP) is 2.49. The minimum Gasteiger partial charge on any atom is -0.497 e. The van der Waals surface area contributed by atoms with Crippen molar-refractivity contribution in [3.8, 4) is 5.75 Å². The van der Waals surface area contributed by atoms with Crippen LogP contribution in [0, 0.1) is 0 Å². The van der Waals surface area contributed by atoms with Crippen LogP contribution in [-0.2, 0) is 9.47 Å². The Morgan fingerprint density at radius 1 is 1.32 bits per heavy atom. The normalized spacial score (nSPS) is 17.7. The second-order valence-electron chi connectivity index (χ2n) is 6.50. The number of halogens is 1. The van der Waals surface area contributed by atoms with Gasteiger partial charge in [0.2, 0.25) is 0 Å². The monoisotopic (exact) mass is 507 g/mol. The Morgan fingerprint density at radius 2 is 2.11 bits per heavy atom.